The quantitative estimate of drug-likeness (QED) is 0.759. The van der Waals surface area contributed by atoms with E-state index in [2.05, 4.69) is 18.8 Å². The first-order chi connectivity index (χ1) is 7.87. The molecule has 17 heavy (non-hydrogen) atoms. The fourth-order valence-corrected chi connectivity index (χ4v) is 2.63. The zero-order valence-corrected chi connectivity index (χ0v) is 12.1. The second-order valence-corrected chi connectivity index (χ2v) is 6.01. The maximum atomic E-state index is 11.8. The number of rotatable bonds is 5. The van der Waals surface area contributed by atoms with Crippen molar-refractivity contribution in [2.75, 3.05) is 6.61 Å². The predicted octanol–water partition coefficient (Wildman–Crippen LogP) is 3.18. The van der Waals surface area contributed by atoms with Crippen LogP contribution in [-0.4, -0.2) is 17.6 Å². The Morgan fingerprint density at radius 2 is 2.18 bits per heavy atom. The van der Waals surface area contributed by atoms with Gasteiger partial charge in [0.05, 0.1) is 17.3 Å². The molecule has 0 unspecified atom stereocenters. The van der Waals surface area contributed by atoms with Crippen LogP contribution in [0, 0.1) is 5.92 Å². The molecule has 0 fully saturated rings. The summed E-state index contributed by atoms with van der Waals surface area (Å²) >= 11 is 1.62. The molecule has 3 nitrogen and oxygen atoms in total. The van der Waals surface area contributed by atoms with Gasteiger partial charge >= 0.3 is 5.97 Å². The lowest BCUT2D eigenvalue weighted by atomic mass is 9.90. The summed E-state index contributed by atoms with van der Waals surface area (Å²) in [5, 5.41) is 3.06. The molecule has 0 aliphatic carbocycles. The molecule has 0 saturated carbocycles. The second-order valence-electron chi connectivity index (χ2n) is 5.07. The van der Waals surface area contributed by atoms with Gasteiger partial charge in [0.1, 0.15) is 5.41 Å². The van der Waals surface area contributed by atoms with Crippen molar-refractivity contribution < 1.29 is 9.53 Å². The molecule has 1 aromatic rings. The molecule has 0 saturated heterocycles. The summed E-state index contributed by atoms with van der Waals surface area (Å²) in [6.07, 6.45) is 0.962. The predicted molar refractivity (Wildman–Crippen MR) is 70.3 cm³/mol. The van der Waals surface area contributed by atoms with Gasteiger partial charge in [0.25, 0.3) is 0 Å². The average Bonchev–Trinajstić information content (AvgIpc) is 2.66. The van der Waals surface area contributed by atoms with Crippen molar-refractivity contribution in [3.63, 3.8) is 0 Å². The average molecular weight is 255 g/mol. The van der Waals surface area contributed by atoms with Gasteiger partial charge in [-0.1, -0.05) is 13.8 Å². The maximum Gasteiger partial charge on any atom is 0.317 e. The molecule has 0 bridgehead atoms. The number of ether oxygens (including phenoxy) is 1. The Balaban J connectivity index is 2.84. The molecule has 96 valence electrons. The van der Waals surface area contributed by atoms with Gasteiger partial charge in [-0.3, -0.25) is 4.79 Å². The van der Waals surface area contributed by atoms with Crippen LogP contribution in [-0.2, 0) is 21.4 Å². The van der Waals surface area contributed by atoms with E-state index < -0.39 is 5.41 Å². The molecule has 0 N–H and O–H groups in total. The highest BCUT2D eigenvalue weighted by Gasteiger charge is 2.33. The third kappa shape index (κ3) is 3.53. The summed E-state index contributed by atoms with van der Waals surface area (Å²) in [7, 11) is 0. The fourth-order valence-electron chi connectivity index (χ4n) is 1.46. The monoisotopic (exact) mass is 255 g/mol. The number of hydrogen-bond donors (Lipinski definition) is 0. The molecule has 4 heteroatoms. The Morgan fingerprint density at radius 1 is 1.53 bits per heavy atom. The molecule has 0 aliphatic heterocycles. The van der Waals surface area contributed by atoms with E-state index >= 15 is 0 Å². The first-order valence-electron chi connectivity index (χ1n) is 6.00. The zero-order valence-electron chi connectivity index (χ0n) is 11.2. The number of thiazole rings is 1. The van der Waals surface area contributed by atoms with Gasteiger partial charge in [0, 0.05) is 11.8 Å². The lowest BCUT2D eigenvalue weighted by Gasteiger charge is -2.19. The lowest BCUT2D eigenvalue weighted by molar-refractivity contribution is -0.148. The first-order valence-corrected chi connectivity index (χ1v) is 6.88. The van der Waals surface area contributed by atoms with E-state index in [9.17, 15) is 4.79 Å². The molecule has 0 radical (unpaired) electrons. The number of hydrogen-bond acceptors (Lipinski definition) is 4. The van der Waals surface area contributed by atoms with Crippen LogP contribution < -0.4 is 0 Å². The molecular weight excluding hydrogens is 234 g/mol. The van der Waals surface area contributed by atoms with Gasteiger partial charge in [0.2, 0.25) is 0 Å². The van der Waals surface area contributed by atoms with Crippen LogP contribution in [0.2, 0.25) is 0 Å². The second kappa shape index (κ2) is 5.63. The summed E-state index contributed by atoms with van der Waals surface area (Å²) < 4.78 is 5.08. The van der Waals surface area contributed by atoms with Crippen LogP contribution in [0.1, 0.15) is 45.3 Å². The summed E-state index contributed by atoms with van der Waals surface area (Å²) in [5.41, 5.74) is 0.165. The lowest BCUT2D eigenvalue weighted by Crippen LogP contribution is -2.31. The largest absolute Gasteiger partial charge is 0.465 e. The zero-order chi connectivity index (χ0) is 13.1. The third-order valence-corrected chi connectivity index (χ3v) is 3.43. The smallest absolute Gasteiger partial charge is 0.317 e. The topological polar surface area (TPSA) is 39.2 Å². The Morgan fingerprint density at radius 3 is 2.71 bits per heavy atom. The Kier molecular flexibility index (Phi) is 4.69. The Hall–Kier alpha value is -0.900. The Bertz CT molecular complexity index is 383. The van der Waals surface area contributed by atoms with E-state index in [0.717, 1.165) is 17.1 Å². The Labute approximate surface area is 107 Å². The molecule has 0 aromatic carbocycles. The molecule has 0 atom stereocenters. The highest BCUT2D eigenvalue weighted by Crippen LogP contribution is 2.27. The van der Waals surface area contributed by atoms with Crippen LogP contribution in [0.4, 0.5) is 0 Å². The van der Waals surface area contributed by atoms with Crippen molar-refractivity contribution in [2.45, 2.75) is 46.5 Å². The molecular formula is C13H21NO2S. The van der Waals surface area contributed by atoms with Crippen molar-refractivity contribution in [1.82, 2.24) is 4.98 Å². The number of nitrogens with zero attached hydrogens (tertiary/aromatic N) is 1. The van der Waals surface area contributed by atoms with Crippen LogP contribution in [0.25, 0.3) is 0 Å². The minimum absolute atomic E-state index is 0.207. The normalized spacial score (nSPS) is 11.9. The highest BCUT2D eigenvalue weighted by atomic mass is 32.1. The molecule has 0 spiro atoms. The van der Waals surface area contributed by atoms with Gasteiger partial charge in [0.15, 0.2) is 0 Å². The first kappa shape index (κ1) is 14.2. The summed E-state index contributed by atoms with van der Waals surface area (Å²) in [6.45, 7) is 10.3. The molecule has 0 amide bonds. The van der Waals surface area contributed by atoms with E-state index in [4.69, 9.17) is 4.74 Å². The number of esters is 1. The van der Waals surface area contributed by atoms with Gasteiger partial charge in [-0.2, -0.15) is 0 Å². The van der Waals surface area contributed by atoms with Crippen molar-refractivity contribution >= 4 is 17.3 Å². The minimum atomic E-state index is -0.651. The maximum absolute atomic E-state index is 11.8. The van der Waals surface area contributed by atoms with E-state index in [-0.39, 0.29) is 5.97 Å². The molecule has 1 heterocycles. The van der Waals surface area contributed by atoms with Crippen molar-refractivity contribution in [2.24, 2.45) is 5.92 Å². The summed E-state index contributed by atoms with van der Waals surface area (Å²) in [4.78, 5) is 16.4. The SMILES string of the molecule is CCOC(=O)C(C)(C)c1csc(CC(C)C)n1. The third-order valence-electron chi connectivity index (χ3n) is 2.56. The van der Waals surface area contributed by atoms with Crippen molar-refractivity contribution in [1.29, 1.82) is 0 Å². The van der Waals surface area contributed by atoms with Gasteiger partial charge in [-0.05, 0) is 26.7 Å². The molecule has 0 aliphatic rings. The van der Waals surface area contributed by atoms with Gasteiger partial charge in [-0.15, -0.1) is 11.3 Å². The standard InChI is InChI=1S/C13H21NO2S/c1-6-16-12(15)13(4,5)10-8-17-11(14-10)7-9(2)3/h8-9H,6-7H2,1-5H3. The van der Waals surface area contributed by atoms with E-state index in [1.807, 2.05) is 26.2 Å². The van der Waals surface area contributed by atoms with E-state index in [1.54, 1.807) is 11.3 Å². The van der Waals surface area contributed by atoms with Crippen LogP contribution in [0.5, 0.6) is 0 Å². The van der Waals surface area contributed by atoms with Crippen molar-refractivity contribution in [3.8, 4) is 0 Å². The van der Waals surface area contributed by atoms with Gasteiger partial charge < -0.3 is 4.74 Å². The minimum Gasteiger partial charge on any atom is -0.465 e. The number of carbonyl (C=O) groups excluding carboxylic acids is 1. The van der Waals surface area contributed by atoms with Crippen LogP contribution in [0.15, 0.2) is 5.38 Å². The number of carbonyl (C=O) groups is 1. The molecule has 1 aromatic heterocycles. The number of aromatic nitrogens is 1. The van der Waals surface area contributed by atoms with Gasteiger partial charge in [-0.25, -0.2) is 4.98 Å². The summed E-state index contributed by atoms with van der Waals surface area (Å²) in [6, 6.07) is 0. The van der Waals surface area contributed by atoms with Crippen LogP contribution >= 0.6 is 11.3 Å². The fraction of sp³-hybridized carbons (Fsp3) is 0.692. The van der Waals surface area contributed by atoms with Crippen molar-refractivity contribution in [3.05, 3.63) is 16.1 Å². The van der Waals surface area contributed by atoms with E-state index in [1.165, 1.54) is 0 Å². The van der Waals surface area contributed by atoms with E-state index in [0.29, 0.717) is 12.5 Å². The highest BCUT2D eigenvalue weighted by molar-refractivity contribution is 7.09. The molecule has 1 rings (SSSR count). The van der Waals surface area contributed by atoms with Crippen LogP contribution in [0.3, 0.4) is 0 Å². The summed E-state index contributed by atoms with van der Waals surface area (Å²) in [5.74, 6) is 0.376.